The Morgan fingerprint density at radius 2 is 1.97 bits per heavy atom. The van der Waals surface area contributed by atoms with Crippen molar-refractivity contribution in [2.75, 3.05) is 26.2 Å². The lowest BCUT2D eigenvalue weighted by atomic mass is 10.1. The molecule has 1 aliphatic rings. The molecule has 0 amide bonds. The predicted molar refractivity (Wildman–Crippen MR) is 146 cm³/mol. The summed E-state index contributed by atoms with van der Waals surface area (Å²) in [6.45, 7) is 5.27. The third-order valence-electron chi connectivity index (χ3n) is 6.53. The van der Waals surface area contributed by atoms with Crippen molar-refractivity contribution >= 4 is 16.9 Å². The largest absolute Gasteiger partial charge is 0.492 e. The molecular formula is C27H31N7O2S. The van der Waals surface area contributed by atoms with Crippen LogP contribution in [0.2, 0.25) is 0 Å². The van der Waals surface area contributed by atoms with Crippen LogP contribution in [0, 0.1) is 6.92 Å². The molecular weight excluding hydrogens is 486 g/mol. The van der Waals surface area contributed by atoms with Crippen LogP contribution >= 0.6 is 11.3 Å². The SMILES string of the molecule is C.Cc1nn2ccc(OCCN3CCC(O)CC3)cc2c1-c1nc(-c2ccccc2)c(-c2ncn[nH]2)s1. The Balaban J connectivity index is 0.00000280. The number of piperidine rings is 1. The highest BCUT2D eigenvalue weighted by molar-refractivity contribution is 7.19. The number of aliphatic hydroxyl groups is 1. The van der Waals surface area contributed by atoms with Gasteiger partial charge < -0.3 is 9.84 Å². The predicted octanol–water partition coefficient (Wildman–Crippen LogP) is 4.69. The third-order valence-corrected chi connectivity index (χ3v) is 7.61. The number of benzene rings is 1. The van der Waals surface area contributed by atoms with Crippen LogP contribution in [0.3, 0.4) is 0 Å². The summed E-state index contributed by atoms with van der Waals surface area (Å²) in [5.41, 5.74) is 4.72. The van der Waals surface area contributed by atoms with Gasteiger partial charge in [-0.05, 0) is 25.8 Å². The highest BCUT2D eigenvalue weighted by Crippen LogP contribution is 2.41. The number of nitrogens with zero attached hydrogens (tertiary/aromatic N) is 6. The fraction of sp³-hybridized carbons (Fsp3) is 0.333. The van der Waals surface area contributed by atoms with Gasteiger partial charge >= 0.3 is 0 Å². The van der Waals surface area contributed by atoms with E-state index in [0.29, 0.717) is 12.4 Å². The molecule has 0 atom stereocenters. The van der Waals surface area contributed by atoms with Crippen molar-refractivity contribution in [2.24, 2.45) is 0 Å². The number of likely N-dealkylation sites (tertiary alicyclic amines) is 1. The average Bonchev–Trinajstić information content (AvgIpc) is 3.64. The van der Waals surface area contributed by atoms with Crippen molar-refractivity contribution in [3.05, 3.63) is 60.7 Å². The summed E-state index contributed by atoms with van der Waals surface area (Å²) < 4.78 is 7.99. The molecule has 1 saturated heterocycles. The lowest BCUT2D eigenvalue weighted by molar-refractivity contribution is 0.0755. The molecule has 37 heavy (non-hydrogen) atoms. The molecule has 0 saturated carbocycles. The number of thiazole rings is 1. The fourth-order valence-electron chi connectivity index (χ4n) is 4.63. The Labute approximate surface area is 219 Å². The Morgan fingerprint density at radius 1 is 1.16 bits per heavy atom. The molecule has 1 aromatic carbocycles. The smallest absolute Gasteiger partial charge is 0.167 e. The number of nitrogens with one attached hydrogen (secondary N) is 1. The van der Waals surface area contributed by atoms with E-state index in [-0.39, 0.29) is 13.5 Å². The molecule has 1 aliphatic heterocycles. The van der Waals surface area contributed by atoms with E-state index in [4.69, 9.17) is 14.8 Å². The van der Waals surface area contributed by atoms with Crippen LogP contribution in [-0.2, 0) is 0 Å². The third kappa shape index (κ3) is 5.13. The first-order chi connectivity index (χ1) is 17.7. The van der Waals surface area contributed by atoms with E-state index in [1.165, 1.54) is 6.33 Å². The van der Waals surface area contributed by atoms with E-state index in [1.807, 2.05) is 48.0 Å². The second kappa shape index (κ2) is 10.8. The first kappa shape index (κ1) is 25.1. The van der Waals surface area contributed by atoms with E-state index in [0.717, 1.165) is 76.1 Å². The maximum Gasteiger partial charge on any atom is 0.167 e. The van der Waals surface area contributed by atoms with Gasteiger partial charge in [0, 0.05) is 37.5 Å². The first-order valence-corrected chi connectivity index (χ1v) is 12.9. The molecule has 192 valence electrons. The summed E-state index contributed by atoms with van der Waals surface area (Å²) in [5, 5.41) is 22.3. The minimum Gasteiger partial charge on any atom is -0.492 e. The molecule has 0 radical (unpaired) electrons. The van der Waals surface area contributed by atoms with Gasteiger partial charge in [0.15, 0.2) is 5.82 Å². The Bertz CT molecular complexity index is 1460. The normalized spacial score (nSPS) is 14.6. The van der Waals surface area contributed by atoms with Crippen molar-refractivity contribution in [3.8, 4) is 38.3 Å². The Kier molecular flexibility index (Phi) is 7.31. The number of fused-ring (bicyclic) bond motifs is 1. The summed E-state index contributed by atoms with van der Waals surface area (Å²) in [7, 11) is 0. The maximum atomic E-state index is 9.71. The molecule has 10 heteroatoms. The van der Waals surface area contributed by atoms with E-state index in [9.17, 15) is 5.11 Å². The van der Waals surface area contributed by atoms with Crippen LogP contribution in [0.5, 0.6) is 5.75 Å². The fourth-order valence-corrected chi connectivity index (χ4v) is 5.77. The van der Waals surface area contributed by atoms with Crippen LogP contribution < -0.4 is 4.74 Å². The molecule has 0 spiro atoms. The number of aryl methyl sites for hydroxylation is 1. The van der Waals surface area contributed by atoms with E-state index >= 15 is 0 Å². The second-order valence-corrected chi connectivity index (χ2v) is 9.97. The van der Waals surface area contributed by atoms with Crippen LogP contribution in [0.1, 0.15) is 26.0 Å². The number of pyridine rings is 1. The number of ether oxygens (including phenoxy) is 1. The quantitative estimate of drug-likeness (QED) is 0.323. The topological polar surface area (TPSA) is 104 Å². The zero-order valence-electron chi connectivity index (χ0n) is 20.0. The van der Waals surface area contributed by atoms with Crippen molar-refractivity contribution in [3.63, 3.8) is 0 Å². The summed E-state index contributed by atoms with van der Waals surface area (Å²) in [6.07, 6.45) is 4.95. The first-order valence-electron chi connectivity index (χ1n) is 12.1. The number of H-pyrrole nitrogens is 1. The average molecular weight is 518 g/mol. The number of rotatable bonds is 7. The van der Waals surface area contributed by atoms with Gasteiger partial charge in [-0.15, -0.1) is 11.3 Å². The summed E-state index contributed by atoms with van der Waals surface area (Å²) in [5.74, 6) is 1.50. The van der Waals surface area contributed by atoms with E-state index < -0.39 is 0 Å². The Morgan fingerprint density at radius 3 is 2.73 bits per heavy atom. The number of aliphatic hydroxyl groups excluding tert-OH is 1. The van der Waals surface area contributed by atoms with Crippen LogP contribution in [0.15, 0.2) is 55.0 Å². The highest BCUT2D eigenvalue weighted by atomic mass is 32.1. The van der Waals surface area contributed by atoms with Crippen molar-refractivity contribution in [1.29, 1.82) is 0 Å². The number of hydrogen-bond acceptors (Lipinski definition) is 8. The number of hydrogen-bond donors (Lipinski definition) is 2. The number of aromatic nitrogens is 6. The number of aromatic amines is 1. The zero-order chi connectivity index (χ0) is 24.5. The molecule has 9 nitrogen and oxygen atoms in total. The van der Waals surface area contributed by atoms with Gasteiger partial charge in [0.05, 0.1) is 33.4 Å². The highest BCUT2D eigenvalue weighted by Gasteiger charge is 2.22. The van der Waals surface area contributed by atoms with Gasteiger partial charge in [0.2, 0.25) is 0 Å². The molecule has 1 fully saturated rings. The zero-order valence-corrected chi connectivity index (χ0v) is 20.8. The molecule has 0 unspecified atom stereocenters. The molecule has 2 N–H and O–H groups in total. The van der Waals surface area contributed by atoms with Gasteiger partial charge in [-0.3, -0.25) is 10.00 Å². The van der Waals surface area contributed by atoms with Crippen molar-refractivity contribution in [1.82, 2.24) is 34.7 Å². The summed E-state index contributed by atoms with van der Waals surface area (Å²) in [4.78, 5) is 12.7. The second-order valence-electron chi connectivity index (χ2n) is 8.97. The van der Waals surface area contributed by atoms with Gasteiger partial charge in [-0.25, -0.2) is 14.5 Å². The lowest BCUT2D eigenvalue weighted by Gasteiger charge is -2.29. The van der Waals surface area contributed by atoms with Crippen molar-refractivity contribution in [2.45, 2.75) is 33.3 Å². The lowest BCUT2D eigenvalue weighted by Crippen LogP contribution is -2.38. The van der Waals surface area contributed by atoms with Gasteiger partial charge in [-0.1, -0.05) is 37.8 Å². The van der Waals surface area contributed by atoms with Gasteiger partial charge in [-0.2, -0.15) is 10.2 Å². The van der Waals surface area contributed by atoms with Gasteiger partial charge in [0.25, 0.3) is 0 Å². The standard InChI is InChI=1S/C26H27N7O2S.CH4/c1-17-22(26-29-23(18-5-3-2-4-6-18)24(36-26)25-27-16-28-30-25)21-15-20(9-12-33(21)31-17)35-14-13-32-10-7-19(34)8-11-32;/h2-6,9,12,15-16,19,34H,7-8,10-11,13-14H2,1H3,(H,27,28,30);1H4. The molecule has 4 aromatic heterocycles. The molecule has 0 bridgehead atoms. The van der Waals surface area contributed by atoms with Crippen LogP contribution in [0.25, 0.3) is 38.0 Å². The van der Waals surface area contributed by atoms with E-state index in [2.05, 4.69) is 32.2 Å². The summed E-state index contributed by atoms with van der Waals surface area (Å²) in [6, 6.07) is 14.1. The van der Waals surface area contributed by atoms with Crippen LogP contribution in [0.4, 0.5) is 0 Å². The minimum absolute atomic E-state index is 0. The summed E-state index contributed by atoms with van der Waals surface area (Å²) >= 11 is 1.58. The molecule has 5 aromatic rings. The van der Waals surface area contributed by atoms with Gasteiger partial charge in [0.1, 0.15) is 23.7 Å². The molecule has 0 aliphatic carbocycles. The minimum atomic E-state index is -0.161. The molecule has 5 heterocycles. The van der Waals surface area contributed by atoms with E-state index in [1.54, 1.807) is 11.3 Å². The van der Waals surface area contributed by atoms with Crippen molar-refractivity contribution < 1.29 is 9.84 Å². The maximum absolute atomic E-state index is 9.71. The monoisotopic (exact) mass is 517 g/mol. The Hall–Kier alpha value is -3.60. The molecule has 6 rings (SSSR count). The van der Waals surface area contributed by atoms with Crippen LogP contribution in [-0.4, -0.2) is 72.1 Å².